The number of nitro groups is 1. The zero-order valence-corrected chi connectivity index (χ0v) is 16.6. The van der Waals surface area contributed by atoms with E-state index >= 15 is 0 Å². The number of piperidine rings is 1. The zero-order chi connectivity index (χ0) is 17.9. The Bertz CT molecular complexity index is 720. The first-order valence-corrected chi connectivity index (χ1v) is 9.68. The molecule has 1 heterocycles. The molecule has 0 unspecified atom stereocenters. The summed E-state index contributed by atoms with van der Waals surface area (Å²) >= 11 is 5.99. The van der Waals surface area contributed by atoms with Crippen molar-refractivity contribution in [2.24, 2.45) is 5.92 Å². The van der Waals surface area contributed by atoms with Gasteiger partial charge < -0.3 is 5.32 Å². The van der Waals surface area contributed by atoms with Gasteiger partial charge in [0.2, 0.25) is 10.0 Å². The summed E-state index contributed by atoms with van der Waals surface area (Å²) in [5.41, 5.74) is -0.00336. The van der Waals surface area contributed by atoms with Gasteiger partial charge in [-0.3, -0.25) is 10.1 Å². The van der Waals surface area contributed by atoms with Crippen LogP contribution >= 0.6 is 24.0 Å². The summed E-state index contributed by atoms with van der Waals surface area (Å²) in [6, 6.07) is 2.40. The van der Waals surface area contributed by atoms with Crippen molar-refractivity contribution in [2.45, 2.75) is 31.1 Å². The van der Waals surface area contributed by atoms with Crippen LogP contribution in [0.2, 0.25) is 5.02 Å². The van der Waals surface area contributed by atoms with Gasteiger partial charge >= 0.3 is 0 Å². The second-order valence-electron chi connectivity index (χ2n) is 6.05. The first kappa shape index (κ1) is 22.1. The Balaban J connectivity index is 0.00000312. The molecule has 0 aliphatic carbocycles. The van der Waals surface area contributed by atoms with Gasteiger partial charge in [0.1, 0.15) is 0 Å². The van der Waals surface area contributed by atoms with E-state index in [0.717, 1.165) is 31.9 Å². The van der Waals surface area contributed by atoms with Gasteiger partial charge in [-0.2, -0.15) is 4.31 Å². The van der Waals surface area contributed by atoms with Crippen molar-refractivity contribution in [2.75, 3.05) is 26.7 Å². The topological polar surface area (TPSA) is 92.6 Å². The van der Waals surface area contributed by atoms with Gasteiger partial charge in [0.15, 0.2) is 0 Å². The number of nitrogens with one attached hydrogen (secondary N) is 1. The van der Waals surface area contributed by atoms with Gasteiger partial charge in [0.05, 0.1) is 14.8 Å². The van der Waals surface area contributed by atoms with Gasteiger partial charge in [-0.1, -0.05) is 11.6 Å². The monoisotopic (exact) mass is 411 g/mol. The number of halogens is 2. The SMILES string of the molecule is CNCCC1CCN(S(=O)(=O)c2cc(Cl)c(C)c([N+](=O)[O-])c2)CC1.Cl. The lowest BCUT2D eigenvalue weighted by atomic mass is 9.95. The number of nitro benzene ring substituents is 1. The van der Waals surface area contributed by atoms with Crippen LogP contribution in [0.25, 0.3) is 0 Å². The lowest BCUT2D eigenvalue weighted by Crippen LogP contribution is -2.39. The molecule has 1 aromatic carbocycles. The van der Waals surface area contributed by atoms with Crippen molar-refractivity contribution in [1.82, 2.24) is 9.62 Å². The smallest absolute Gasteiger partial charge is 0.275 e. The largest absolute Gasteiger partial charge is 0.320 e. The second-order valence-corrected chi connectivity index (χ2v) is 8.39. The van der Waals surface area contributed by atoms with Crippen LogP contribution < -0.4 is 5.32 Å². The average Bonchev–Trinajstić information content (AvgIpc) is 2.55. The quantitative estimate of drug-likeness (QED) is 0.573. The summed E-state index contributed by atoms with van der Waals surface area (Å²) in [4.78, 5) is 10.4. The molecule has 0 amide bonds. The number of sulfonamides is 1. The van der Waals surface area contributed by atoms with E-state index in [2.05, 4.69) is 5.32 Å². The first-order valence-electron chi connectivity index (χ1n) is 7.86. The number of hydrogen-bond donors (Lipinski definition) is 1. The van der Waals surface area contributed by atoms with Gasteiger partial charge in [-0.25, -0.2) is 8.42 Å². The molecular weight excluding hydrogens is 389 g/mol. The third kappa shape index (κ3) is 5.04. The van der Waals surface area contributed by atoms with E-state index < -0.39 is 14.9 Å². The fourth-order valence-electron chi connectivity index (χ4n) is 2.91. The molecule has 2 rings (SSSR count). The highest BCUT2D eigenvalue weighted by molar-refractivity contribution is 7.89. The lowest BCUT2D eigenvalue weighted by molar-refractivity contribution is -0.385. The predicted molar refractivity (Wildman–Crippen MR) is 100 cm³/mol. The predicted octanol–water partition coefficient (Wildman–Crippen LogP) is 2.99. The maximum Gasteiger partial charge on any atom is 0.275 e. The average molecular weight is 412 g/mol. The molecule has 0 bridgehead atoms. The van der Waals surface area contributed by atoms with Gasteiger partial charge in [-0.05, 0) is 51.8 Å². The Morgan fingerprint density at radius 1 is 1.36 bits per heavy atom. The van der Waals surface area contributed by atoms with Crippen LogP contribution in [-0.4, -0.2) is 44.3 Å². The molecule has 0 atom stereocenters. The maximum atomic E-state index is 12.8. The van der Waals surface area contributed by atoms with Crippen LogP contribution in [0.15, 0.2) is 17.0 Å². The molecule has 10 heteroatoms. The molecule has 1 aromatic rings. The molecule has 1 saturated heterocycles. The van der Waals surface area contributed by atoms with Gasteiger partial charge in [0, 0.05) is 24.7 Å². The minimum Gasteiger partial charge on any atom is -0.320 e. The standard InChI is InChI=1S/C15H22ClN3O4S.ClH/c1-11-14(16)9-13(10-15(11)19(20)21)24(22,23)18-7-4-12(5-8-18)3-6-17-2;/h9-10,12,17H,3-8H2,1-2H3;1H. The van der Waals surface area contributed by atoms with Crippen molar-refractivity contribution in [3.8, 4) is 0 Å². The van der Waals surface area contributed by atoms with E-state index in [0.29, 0.717) is 19.0 Å². The van der Waals surface area contributed by atoms with Crippen molar-refractivity contribution in [3.05, 3.63) is 32.8 Å². The van der Waals surface area contributed by atoms with Crippen LogP contribution in [0.4, 0.5) is 5.69 Å². The minimum absolute atomic E-state index is 0. The van der Waals surface area contributed by atoms with Crippen molar-refractivity contribution in [1.29, 1.82) is 0 Å². The van der Waals surface area contributed by atoms with Crippen molar-refractivity contribution < 1.29 is 13.3 Å². The molecule has 1 aliphatic heterocycles. The molecule has 1 N–H and O–H groups in total. The third-order valence-electron chi connectivity index (χ3n) is 4.50. The summed E-state index contributed by atoms with van der Waals surface area (Å²) in [5, 5.41) is 14.3. The van der Waals surface area contributed by atoms with E-state index in [4.69, 9.17) is 11.6 Å². The Morgan fingerprint density at radius 3 is 2.48 bits per heavy atom. The maximum absolute atomic E-state index is 12.8. The Labute approximate surface area is 159 Å². The Hall–Kier alpha value is -0.930. The fraction of sp³-hybridized carbons (Fsp3) is 0.600. The molecule has 0 spiro atoms. The summed E-state index contributed by atoms with van der Waals surface area (Å²) < 4.78 is 27.0. The van der Waals surface area contributed by atoms with E-state index in [-0.39, 0.29) is 33.6 Å². The molecule has 0 saturated carbocycles. The van der Waals surface area contributed by atoms with Crippen LogP contribution in [-0.2, 0) is 10.0 Å². The number of hydrogen-bond acceptors (Lipinski definition) is 5. The van der Waals surface area contributed by atoms with E-state index in [1.807, 2.05) is 7.05 Å². The van der Waals surface area contributed by atoms with Crippen LogP contribution in [0, 0.1) is 23.0 Å². The number of nitrogens with zero attached hydrogens (tertiary/aromatic N) is 2. The Morgan fingerprint density at radius 2 is 1.96 bits per heavy atom. The molecule has 0 aromatic heterocycles. The molecule has 1 aliphatic rings. The summed E-state index contributed by atoms with van der Waals surface area (Å²) in [5.74, 6) is 0.500. The summed E-state index contributed by atoms with van der Waals surface area (Å²) in [7, 11) is -1.88. The van der Waals surface area contributed by atoms with E-state index in [9.17, 15) is 18.5 Å². The third-order valence-corrected chi connectivity index (χ3v) is 6.77. The van der Waals surface area contributed by atoms with Crippen molar-refractivity contribution >= 4 is 39.7 Å². The fourth-order valence-corrected chi connectivity index (χ4v) is 4.71. The molecule has 7 nitrogen and oxygen atoms in total. The number of rotatable bonds is 6. The normalized spacial score (nSPS) is 16.4. The lowest BCUT2D eigenvalue weighted by Gasteiger charge is -2.31. The molecule has 0 radical (unpaired) electrons. The van der Waals surface area contributed by atoms with E-state index in [1.165, 1.54) is 17.3 Å². The highest BCUT2D eigenvalue weighted by atomic mass is 35.5. The number of benzene rings is 1. The first-order chi connectivity index (χ1) is 11.3. The van der Waals surface area contributed by atoms with Crippen molar-refractivity contribution in [3.63, 3.8) is 0 Å². The zero-order valence-electron chi connectivity index (χ0n) is 14.2. The van der Waals surface area contributed by atoms with Crippen LogP contribution in [0.5, 0.6) is 0 Å². The highest BCUT2D eigenvalue weighted by Crippen LogP contribution is 2.32. The minimum atomic E-state index is -3.77. The molecule has 1 fully saturated rings. The molecule has 142 valence electrons. The van der Waals surface area contributed by atoms with Crippen LogP contribution in [0.1, 0.15) is 24.8 Å². The second kappa shape index (κ2) is 9.14. The Kier molecular flexibility index (Phi) is 8.08. The molecular formula is C15H23Cl2N3O4S. The van der Waals surface area contributed by atoms with Crippen LogP contribution in [0.3, 0.4) is 0 Å². The summed E-state index contributed by atoms with van der Waals surface area (Å²) in [6.45, 7) is 3.27. The highest BCUT2D eigenvalue weighted by Gasteiger charge is 2.31. The van der Waals surface area contributed by atoms with E-state index in [1.54, 1.807) is 0 Å². The molecule has 25 heavy (non-hydrogen) atoms. The van der Waals surface area contributed by atoms with Gasteiger partial charge in [0.25, 0.3) is 5.69 Å². The summed E-state index contributed by atoms with van der Waals surface area (Å²) in [6.07, 6.45) is 2.61. The van der Waals surface area contributed by atoms with Gasteiger partial charge in [-0.15, -0.1) is 12.4 Å².